The molecule has 1 aromatic rings. The number of hydrogen-bond acceptors (Lipinski definition) is 3. The Labute approximate surface area is 103 Å². The van der Waals surface area contributed by atoms with E-state index in [4.69, 9.17) is 11.6 Å². The summed E-state index contributed by atoms with van der Waals surface area (Å²) < 4.78 is 0. The third-order valence-corrected chi connectivity index (χ3v) is 2.67. The highest BCUT2D eigenvalue weighted by Gasteiger charge is 2.12. The van der Waals surface area contributed by atoms with E-state index in [1.165, 1.54) is 0 Å². The van der Waals surface area contributed by atoms with Gasteiger partial charge in [-0.25, -0.2) is 9.97 Å². The molecule has 0 aliphatic heterocycles. The normalized spacial score (nSPS) is 10.9. The minimum Gasteiger partial charge on any atom is -0.354 e. The molecule has 1 aromatic heterocycles. The first-order valence-electron chi connectivity index (χ1n) is 5.69. The summed E-state index contributed by atoms with van der Waals surface area (Å²) in [6, 6.07) is 2.46. The molecule has 0 spiro atoms. The fourth-order valence-corrected chi connectivity index (χ4v) is 1.83. The number of alkyl halides is 1. The van der Waals surface area contributed by atoms with Gasteiger partial charge in [-0.2, -0.15) is 0 Å². The monoisotopic (exact) mass is 241 g/mol. The van der Waals surface area contributed by atoms with Crippen LogP contribution in [0.3, 0.4) is 0 Å². The Balaban J connectivity index is 2.91. The lowest BCUT2D eigenvalue weighted by atomic mass is 10.2. The Morgan fingerprint density at radius 1 is 1.31 bits per heavy atom. The van der Waals surface area contributed by atoms with Crippen molar-refractivity contribution >= 4 is 17.4 Å². The molecule has 0 atom stereocenters. The van der Waals surface area contributed by atoms with Gasteiger partial charge in [-0.05, 0) is 34.1 Å². The lowest BCUT2D eigenvalue weighted by Gasteiger charge is -2.28. The molecule has 0 saturated carbocycles. The molecule has 0 bridgehead atoms. The quantitative estimate of drug-likeness (QED) is 0.743. The molecular formula is C12H20ClN3. The summed E-state index contributed by atoms with van der Waals surface area (Å²) in [5.41, 5.74) is 1.01. The van der Waals surface area contributed by atoms with E-state index in [1.54, 1.807) is 0 Å². The third-order valence-electron chi connectivity index (χ3n) is 2.40. The van der Waals surface area contributed by atoms with Crippen LogP contribution in [0.1, 0.15) is 31.8 Å². The van der Waals surface area contributed by atoms with Gasteiger partial charge in [-0.3, -0.25) is 0 Å². The van der Waals surface area contributed by atoms with Crippen LogP contribution in [0.5, 0.6) is 0 Å². The van der Waals surface area contributed by atoms with E-state index >= 15 is 0 Å². The maximum atomic E-state index is 5.74. The second-order valence-corrected chi connectivity index (χ2v) is 4.62. The van der Waals surface area contributed by atoms with Gasteiger partial charge in [-0.1, -0.05) is 0 Å². The summed E-state index contributed by atoms with van der Waals surface area (Å²) in [6.45, 7) is 9.20. The fourth-order valence-electron chi connectivity index (χ4n) is 1.71. The molecule has 0 aromatic carbocycles. The Hall–Kier alpha value is -0.830. The average molecular weight is 242 g/mol. The number of rotatable bonds is 5. The highest BCUT2D eigenvalue weighted by molar-refractivity contribution is 6.17. The Bertz CT molecular complexity index is 319. The zero-order chi connectivity index (χ0) is 12.1. The first kappa shape index (κ1) is 13.2. The topological polar surface area (TPSA) is 29.0 Å². The van der Waals surface area contributed by atoms with Crippen LogP contribution in [0.2, 0.25) is 0 Å². The number of aryl methyl sites for hydroxylation is 2. The molecule has 0 unspecified atom stereocenters. The second-order valence-electron chi connectivity index (χ2n) is 4.24. The summed E-state index contributed by atoms with van der Waals surface area (Å²) in [5.74, 6) is 2.52. The van der Waals surface area contributed by atoms with Gasteiger partial charge in [-0.15, -0.1) is 11.6 Å². The Kier molecular flexibility index (Phi) is 5.00. The van der Waals surface area contributed by atoms with Gasteiger partial charge in [0.15, 0.2) is 0 Å². The van der Waals surface area contributed by atoms with Gasteiger partial charge in [0.05, 0.1) is 0 Å². The lowest BCUT2D eigenvalue weighted by molar-refractivity contribution is 0.660. The van der Waals surface area contributed by atoms with Crippen molar-refractivity contribution < 1.29 is 0 Å². The maximum absolute atomic E-state index is 5.74. The molecule has 1 heterocycles. The number of anilines is 1. The van der Waals surface area contributed by atoms with E-state index in [2.05, 4.69) is 28.7 Å². The summed E-state index contributed by atoms with van der Waals surface area (Å²) in [5, 5.41) is 0. The Morgan fingerprint density at radius 3 is 2.50 bits per heavy atom. The van der Waals surface area contributed by atoms with Gasteiger partial charge < -0.3 is 4.90 Å². The predicted octanol–water partition coefficient (Wildman–Crippen LogP) is 2.94. The molecule has 4 heteroatoms. The number of nitrogens with zero attached hydrogens (tertiary/aromatic N) is 3. The zero-order valence-electron chi connectivity index (χ0n) is 10.5. The SMILES string of the molecule is Cc1cc(N(CCCCl)C(C)C)nc(C)n1. The lowest BCUT2D eigenvalue weighted by Crippen LogP contribution is -2.33. The molecule has 3 nitrogen and oxygen atoms in total. The van der Waals surface area contributed by atoms with Gasteiger partial charge in [0, 0.05) is 30.2 Å². The van der Waals surface area contributed by atoms with Crippen molar-refractivity contribution in [2.75, 3.05) is 17.3 Å². The summed E-state index contributed by atoms with van der Waals surface area (Å²) in [6.07, 6.45) is 0.974. The highest BCUT2D eigenvalue weighted by Crippen LogP contribution is 2.16. The number of halogens is 1. The van der Waals surface area contributed by atoms with Crippen molar-refractivity contribution in [2.24, 2.45) is 0 Å². The standard InChI is InChI=1S/C12H20ClN3/c1-9(2)16(7-5-6-13)12-8-10(3)14-11(4)15-12/h8-9H,5-7H2,1-4H3. The van der Waals surface area contributed by atoms with Crippen LogP contribution in [0.15, 0.2) is 6.07 Å². The summed E-state index contributed by atoms with van der Waals surface area (Å²) in [4.78, 5) is 11.0. The summed E-state index contributed by atoms with van der Waals surface area (Å²) >= 11 is 5.74. The molecule has 0 amide bonds. The van der Waals surface area contributed by atoms with Gasteiger partial charge in [0.2, 0.25) is 0 Å². The van der Waals surface area contributed by atoms with Crippen molar-refractivity contribution in [1.29, 1.82) is 0 Å². The van der Waals surface area contributed by atoms with Crippen molar-refractivity contribution in [3.8, 4) is 0 Å². The first-order valence-corrected chi connectivity index (χ1v) is 6.23. The van der Waals surface area contributed by atoms with E-state index in [9.17, 15) is 0 Å². The molecule has 0 N–H and O–H groups in total. The molecule has 0 fully saturated rings. The minimum absolute atomic E-state index is 0.428. The predicted molar refractivity (Wildman–Crippen MR) is 69.3 cm³/mol. The zero-order valence-corrected chi connectivity index (χ0v) is 11.3. The van der Waals surface area contributed by atoms with Crippen LogP contribution in [-0.4, -0.2) is 28.4 Å². The van der Waals surface area contributed by atoms with E-state index in [1.807, 2.05) is 19.9 Å². The van der Waals surface area contributed by atoms with Crippen LogP contribution >= 0.6 is 11.6 Å². The van der Waals surface area contributed by atoms with E-state index < -0.39 is 0 Å². The van der Waals surface area contributed by atoms with Crippen LogP contribution in [0.4, 0.5) is 5.82 Å². The van der Waals surface area contributed by atoms with Gasteiger partial charge in [0.25, 0.3) is 0 Å². The second kappa shape index (κ2) is 6.04. The van der Waals surface area contributed by atoms with Crippen molar-refractivity contribution in [2.45, 2.75) is 40.2 Å². The van der Waals surface area contributed by atoms with Crippen LogP contribution in [-0.2, 0) is 0 Å². The number of aromatic nitrogens is 2. The fraction of sp³-hybridized carbons (Fsp3) is 0.667. The van der Waals surface area contributed by atoms with Crippen molar-refractivity contribution in [3.63, 3.8) is 0 Å². The van der Waals surface area contributed by atoms with Crippen LogP contribution in [0, 0.1) is 13.8 Å². The van der Waals surface area contributed by atoms with Crippen molar-refractivity contribution in [1.82, 2.24) is 9.97 Å². The van der Waals surface area contributed by atoms with Crippen LogP contribution < -0.4 is 4.90 Å². The maximum Gasteiger partial charge on any atom is 0.132 e. The molecule has 16 heavy (non-hydrogen) atoms. The third kappa shape index (κ3) is 3.63. The van der Waals surface area contributed by atoms with Gasteiger partial charge in [0.1, 0.15) is 11.6 Å². The first-order chi connectivity index (χ1) is 7.54. The van der Waals surface area contributed by atoms with Crippen molar-refractivity contribution in [3.05, 3.63) is 17.6 Å². The molecular weight excluding hydrogens is 222 g/mol. The molecule has 0 saturated heterocycles. The van der Waals surface area contributed by atoms with E-state index in [0.29, 0.717) is 11.9 Å². The average Bonchev–Trinajstić information content (AvgIpc) is 2.16. The summed E-state index contributed by atoms with van der Waals surface area (Å²) in [7, 11) is 0. The molecule has 0 aliphatic rings. The largest absolute Gasteiger partial charge is 0.354 e. The van der Waals surface area contributed by atoms with E-state index in [-0.39, 0.29) is 0 Å². The van der Waals surface area contributed by atoms with E-state index in [0.717, 1.165) is 30.3 Å². The molecule has 1 rings (SSSR count). The molecule has 90 valence electrons. The number of hydrogen-bond donors (Lipinski definition) is 0. The Morgan fingerprint density at radius 2 is 2.00 bits per heavy atom. The minimum atomic E-state index is 0.428. The smallest absolute Gasteiger partial charge is 0.132 e. The van der Waals surface area contributed by atoms with Gasteiger partial charge >= 0.3 is 0 Å². The highest BCUT2D eigenvalue weighted by atomic mass is 35.5. The molecule has 0 aliphatic carbocycles. The molecule has 0 radical (unpaired) electrons. The van der Waals surface area contributed by atoms with Crippen LogP contribution in [0.25, 0.3) is 0 Å².